The molecule has 0 spiro atoms. The summed E-state index contributed by atoms with van der Waals surface area (Å²) in [4.78, 5) is 19.9. The fourth-order valence-electron chi connectivity index (χ4n) is 6.24. The number of carbonyl (C=O) groups is 1. The van der Waals surface area contributed by atoms with Crippen molar-refractivity contribution in [1.29, 1.82) is 0 Å². The predicted molar refractivity (Wildman–Crippen MR) is 158 cm³/mol. The van der Waals surface area contributed by atoms with Gasteiger partial charge in [0.2, 0.25) is 0 Å². The van der Waals surface area contributed by atoms with Crippen molar-refractivity contribution in [1.82, 2.24) is 15.2 Å². The Labute approximate surface area is 254 Å². The highest BCUT2D eigenvalue weighted by molar-refractivity contribution is 7.16. The van der Waals surface area contributed by atoms with Gasteiger partial charge in [0.1, 0.15) is 21.5 Å². The number of para-hydroxylation sites is 1. The van der Waals surface area contributed by atoms with Gasteiger partial charge in [-0.15, -0.1) is 5.10 Å². The van der Waals surface area contributed by atoms with Crippen molar-refractivity contribution in [2.24, 2.45) is 0 Å². The molecule has 3 atom stereocenters. The van der Waals surface area contributed by atoms with Crippen molar-refractivity contribution in [3.05, 3.63) is 76.8 Å². The maximum absolute atomic E-state index is 14.3. The topological polar surface area (TPSA) is 105 Å². The smallest absolute Gasteiger partial charge is 0.400 e. The Bertz CT molecular complexity index is 1770. The van der Waals surface area contributed by atoms with Gasteiger partial charge in [-0.2, -0.15) is 13.2 Å². The molecule has 4 aliphatic rings. The van der Waals surface area contributed by atoms with E-state index in [2.05, 4.69) is 30.7 Å². The van der Waals surface area contributed by atoms with E-state index in [1.807, 2.05) is 54.6 Å². The number of rotatable bonds is 6. The van der Waals surface area contributed by atoms with Gasteiger partial charge < -0.3 is 24.7 Å². The molecule has 226 valence electrons. The van der Waals surface area contributed by atoms with Crippen LogP contribution in [0.1, 0.15) is 41.8 Å². The Morgan fingerprint density at radius 2 is 1.86 bits per heavy atom. The van der Waals surface area contributed by atoms with Crippen molar-refractivity contribution < 1.29 is 27.1 Å². The summed E-state index contributed by atoms with van der Waals surface area (Å²) in [5, 5.41) is 14.9. The van der Waals surface area contributed by atoms with Crippen LogP contribution in [0.5, 0.6) is 0 Å². The van der Waals surface area contributed by atoms with Crippen LogP contribution in [-0.4, -0.2) is 58.6 Å². The van der Waals surface area contributed by atoms with Crippen molar-refractivity contribution in [2.45, 2.75) is 55.5 Å². The third-order valence-electron chi connectivity index (χ3n) is 8.88. The molecule has 0 unspecified atom stereocenters. The molecule has 44 heavy (non-hydrogen) atoms. The van der Waals surface area contributed by atoms with Crippen LogP contribution in [-0.2, 0) is 14.9 Å². The molecule has 1 amide bonds. The molecule has 2 aromatic heterocycles. The fraction of sp³-hybridized carbons (Fsp3) is 0.355. The highest BCUT2D eigenvalue weighted by Gasteiger charge is 2.62. The molecule has 2 aliphatic carbocycles. The lowest BCUT2D eigenvalue weighted by atomic mass is 9.68. The quantitative estimate of drug-likeness (QED) is 0.270. The van der Waals surface area contributed by atoms with Gasteiger partial charge in [0.15, 0.2) is 5.69 Å². The number of fused-ring (bicyclic) bond motifs is 2. The third kappa shape index (κ3) is 4.48. The minimum absolute atomic E-state index is 0.00393. The average Bonchev–Trinajstić information content (AvgIpc) is 3.49. The number of thiazole rings is 1. The Hall–Kier alpha value is -4.23. The first-order valence-corrected chi connectivity index (χ1v) is 15.4. The SMILES string of the molecule is O=C1Nc2ccccc2C(c2ccccc2)=C[C@@H]1Nc1nnc(-c2nc(C3(C(F)(F)F)CCC3)sc2N2CCO[C@H]3C[C@H]32)o1. The summed E-state index contributed by atoms with van der Waals surface area (Å²) < 4.78 is 54.7. The fourth-order valence-corrected chi connectivity index (χ4v) is 7.65. The summed E-state index contributed by atoms with van der Waals surface area (Å²) in [7, 11) is 0. The number of ether oxygens (including phenoxy) is 1. The largest absolute Gasteiger partial charge is 0.402 e. The van der Waals surface area contributed by atoms with E-state index in [4.69, 9.17) is 9.15 Å². The zero-order chi connectivity index (χ0) is 30.1. The number of nitrogens with zero attached hydrogens (tertiary/aromatic N) is 4. The van der Waals surface area contributed by atoms with Crippen molar-refractivity contribution in [2.75, 3.05) is 28.7 Å². The lowest BCUT2D eigenvalue weighted by molar-refractivity contribution is -0.212. The van der Waals surface area contributed by atoms with Crippen molar-refractivity contribution >= 4 is 39.5 Å². The molecule has 13 heteroatoms. The van der Waals surface area contributed by atoms with E-state index in [0.29, 0.717) is 30.3 Å². The number of benzene rings is 2. The maximum Gasteiger partial charge on any atom is 0.400 e. The van der Waals surface area contributed by atoms with Crippen LogP contribution in [0.15, 0.2) is 65.1 Å². The molecule has 2 N–H and O–H groups in total. The van der Waals surface area contributed by atoms with Gasteiger partial charge in [0.05, 0.1) is 18.8 Å². The number of morpholine rings is 1. The number of amides is 1. The molecule has 4 aromatic rings. The number of halogens is 3. The van der Waals surface area contributed by atoms with E-state index in [0.717, 1.165) is 34.5 Å². The Balaban J connectivity index is 1.15. The van der Waals surface area contributed by atoms with E-state index in [1.54, 1.807) is 6.08 Å². The van der Waals surface area contributed by atoms with Gasteiger partial charge in [-0.25, -0.2) is 4.98 Å². The lowest BCUT2D eigenvalue weighted by Gasteiger charge is -2.41. The molecule has 8 rings (SSSR count). The Morgan fingerprint density at radius 1 is 1.07 bits per heavy atom. The van der Waals surface area contributed by atoms with Crippen molar-refractivity contribution in [3.63, 3.8) is 0 Å². The Kier molecular flexibility index (Phi) is 6.31. The highest BCUT2D eigenvalue weighted by atomic mass is 32.1. The summed E-state index contributed by atoms with van der Waals surface area (Å²) in [5.74, 6) is -0.333. The van der Waals surface area contributed by atoms with Crippen LogP contribution in [0, 0.1) is 0 Å². The van der Waals surface area contributed by atoms with Gasteiger partial charge in [-0.05, 0) is 42.5 Å². The maximum atomic E-state index is 14.3. The molecular weight excluding hydrogens is 593 g/mol. The molecule has 2 aliphatic heterocycles. The summed E-state index contributed by atoms with van der Waals surface area (Å²) in [6.07, 6.45) is -1.24. The zero-order valence-electron chi connectivity index (χ0n) is 23.3. The van der Waals surface area contributed by atoms with Gasteiger partial charge >= 0.3 is 12.2 Å². The summed E-state index contributed by atoms with van der Waals surface area (Å²) in [6.45, 7) is 1.01. The van der Waals surface area contributed by atoms with Crippen LogP contribution in [0.3, 0.4) is 0 Å². The molecule has 3 fully saturated rings. The molecule has 0 bridgehead atoms. The molecule has 9 nitrogen and oxygen atoms in total. The third-order valence-corrected chi connectivity index (χ3v) is 10.2. The van der Waals surface area contributed by atoms with Crippen LogP contribution < -0.4 is 15.5 Å². The van der Waals surface area contributed by atoms with Crippen LogP contribution in [0.4, 0.5) is 29.9 Å². The van der Waals surface area contributed by atoms with Crippen LogP contribution in [0.25, 0.3) is 17.2 Å². The first kappa shape index (κ1) is 27.3. The first-order valence-electron chi connectivity index (χ1n) is 14.5. The van der Waals surface area contributed by atoms with Gasteiger partial charge in [-0.1, -0.05) is 71.4 Å². The molecule has 0 radical (unpaired) electrons. The van der Waals surface area contributed by atoms with E-state index in [1.165, 1.54) is 0 Å². The number of alkyl halides is 3. The second kappa shape index (κ2) is 10.2. The van der Waals surface area contributed by atoms with Crippen molar-refractivity contribution in [3.8, 4) is 11.6 Å². The number of nitrogens with one attached hydrogen (secondary N) is 2. The molecule has 4 heterocycles. The molecule has 1 saturated heterocycles. The summed E-state index contributed by atoms with van der Waals surface area (Å²) >= 11 is 1.06. The number of anilines is 3. The van der Waals surface area contributed by atoms with E-state index in [9.17, 15) is 18.0 Å². The van der Waals surface area contributed by atoms with E-state index >= 15 is 0 Å². The predicted octanol–water partition coefficient (Wildman–Crippen LogP) is 6.02. The van der Waals surface area contributed by atoms with Crippen LogP contribution in [0.2, 0.25) is 0 Å². The van der Waals surface area contributed by atoms with Gasteiger partial charge in [0, 0.05) is 17.8 Å². The Morgan fingerprint density at radius 3 is 2.64 bits per heavy atom. The summed E-state index contributed by atoms with van der Waals surface area (Å²) in [5.41, 5.74) is 1.56. The normalized spacial score (nSPS) is 23.9. The second-order valence-electron chi connectivity index (χ2n) is 11.5. The minimum Gasteiger partial charge on any atom is -0.402 e. The van der Waals surface area contributed by atoms with E-state index < -0.39 is 17.6 Å². The monoisotopic (exact) mass is 620 g/mol. The standard InChI is InChI=1S/C31H27F3N6O3S/c32-31(33,34)30(11-6-12-30)28-37-24(27(44-28)40-13-14-42-23-16-22(23)40)26-38-39-29(43-26)36-21-15-19(17-7-2-1-3-8-17)18-9-4-5-10-20(18)35-25(21)41/h1-5,7-10,15,21-23H,6,11-14,16H2,(H,35,41)(H,36,39)/t21-,22+,23-/m0/s1. The number of hydrogen-bond donors (Lipinski definition) is 2. The first-order chi connectivity index (χ1) is 21.3. The highest BCUT2D eigenvalue weighted by Crippen LogP contribution is 2.58. The number of carbonyl (C=O) groups excluding carboxylic acids is 1. The van der Waals surface area contributed by atoms with E-state index in [-0.39, 0.29) is 53.5 Å². The molecular formula is C31H27F3N6O3S. The zero-order valence-corrected chi connectivity index (χ0v) is 24.1. The number of hydrogen-bond acceptors (Lipinski definition) is 9. The minimum atomic E-state index is -4.42. The lowest BCUT2D eigenvalue weighted by Crippen LogP contribution is -2.47. The van der Waals surface area contributed by atoms with Gasteiger partial charge in [0.25, 0.3) is 11.8 Å². The molecule has 2 saturated carbocycles. The van der Waals surface area contributed by atoms with Crippen LogP contribution >= 0.6 is 11.3 Å². The summed E-state index contributed by atoms with van der Waals surface area (Å²) in [6, 6.07) is 16.4. The average molecular weight is 621 g/mol. The van der Waals surface area contributed by atoms with Gasteiger partial charge in [-0.3, -0.25) is 4.79 Å². The second-order valence-corrected chi connectivity index (χ2v) is 12.5. The number of aromatic nitrogens is 3. The molecule has 2 aromatic carbocycles.